The van der Waals surface area contributed by atoms with E-state index in [-0.39, 0.29) is 35.5 Å². The fraction of sp³-hybridized carbons (Fsp3) is 0.938. The van der Waals surface area contributed by atoms with Gasteiger partial charge in [-0.15, -0.1) is 0 Å². The van der Waals surface area contributed by atoms with Crippen molar-refractivity contribution in [1.29, 1.82) is 0 Å². The zero-order valence-corrected chi connectivity index (χ0v) is 13.0. The molecule has 5 heteroatoms. The van der Waals surface area contributed by atoms with Crippen LogP contribution in [0, 0.1) is 11.3 Å². The first-order chi connectivity index (χ1) is 10.1. The molecule has 1 spiro atoms. The zero-order valence-electron chi connectivity index (χ0n) is 13.0. The average Bonchev–Trinajstić information content (AvgIpc) is 2.93. The molecule has 0 bridgehead atoms. The number of ether oxygens (including phenoxy) is 1. The topological polar surface area (TPSA) is 75.8 Å². The Hall–Kier alpha value is -0.650. The van der Waals surface area contributed by atoms with Crippen LogP contribution in [0.3, 0.4) is 0 Å². The van der Waals surface area contributed by atoms with E-state index >= 15 is 0 Å². The molecule has 3 aliphatic rings. The van der Waals surface area contributed by atoms with Crippen LogP contribution in [0.1, 0.15) is 45.4 Å². The highest BCUT2D eigenvalue weighted by molar-refractivity contribution is 5.79. The molecule has 1 heterocycles. The van der Waals surface area contributed by atoms with Crippen LogP contribution >= 0.6 is 0 Å². The van der Waals surface area contributed by atoms with E-state index in [0.717, 1.165) is 51.6 Å². The molecule has 0 aromatic carbocycles. The molecule has 1 aliphatic heterocycles. The first kappa shape index (κ1) is 15.3. The molecule has 0 aromatic rings. The number of hydrogen-bond donors (Lipinski definition) is 2. The summed E-state index contributed by atoms with van der Waals surface area (Å²) in [5, 5.41) is 10.2. The Kier molecular flexibility index (Phi) is 4.26. The van der Waals surface area contributed by atoms with Crippen molar-refractivity contribution in [2.45, 2.75) is 63.7 Å². The monoisotopic (exact) mass is 296 g/mol. The maximum atomic E-state index is 12.5. The van der Waals surface area contributed by atoms with Gasteiger partial charge in [-0.1, -0.05) is 0 Å². The van der Waals surface area contributed by atoms with Gasteiger partial charge in [0.05, 0.1) is 12.2 Å². The minimum absolute atomic E-state index is 0.0983. The van der Waals surface area contributed by atoms with E-state index in [1.54, 1.807) is 0 Å². The molecule has 2 saturated carbocycles. The molecule has 120 valence electrons. The quantitative estimate of drug-likeness (QED) is 0.811. The van der Waals surface area contributed by atoms with E-state index in [4.69, 9.17) is 10.5 Å². The molecule has 0 aromatic heterocycles. The van der Waals surface area contributed by atoms with Crippen molar-refractivity contribution in [3.8, 4) is 0 Å². The van der Waals surface area contributed by atoms with Crippen LogP contribution in [-0.2, 0) is 9.53 Å². The number of likely N-dealkylation sites (tertiary alicyclic amines) is 1. The van der Waals surface area contributed by atoms with Gasteiger partial charge in [-0.25, -0.2) is 0 Å². The highest BCUT2D eigenvalue weighted by Crippen LogP contribution is 2.51. The number of piperidine rings is 1. The van der Waals surface area contributed by atoms with E-state index in [2.05, 4.69) is 0 Å². The minimum atomic E-state index is -0.258. The third kappa shape index (κ3) is 2.60. The van der Waals surface area contributed by atoms with Crippen molar-refractivity contribution < 1.29 is 14.6 Å². The van der Waals surface area contributed by atoms with Crippen LogP contribution in [0.25, 0.3) is 0 Å². The van der Waals surface area contributed by atoms with Crippen LogP contribution in [0.15, 0.2) is 0 Å². The molecular weight excluding hydrogens is 268 g/mol. The van der Waals surface area contributed by atoms with Crippen LogP contribution in [-0.4, -0.2) is 53.9 Å². The summed E-state index contributed by atoms with van der Waals surface area (Å²) in [5.41, 5.74) is 5.82. The second-order valence-electron chi connectivity index (χ2n) is 7.02. The minimum Gasteiger partial charge on any atom is -0.392 e. The van der Waals surface area contributed by atoms with Crippen LogP contribution in [0.4, 0.5) is 0 Å². The van der Waals surface area contributed by atoms with Gasteiger partial charge in [-0.2, -0.15) is 0 Å². The summed E-state index contributed by atoms with van der Waals surface area (Å²) >= 11 is 0. The van der Waals surface area contributed by atoms with Gasteiger partial charge in [0.1, 0.15) is 0 Å². The molecule has 1 saturated heterocycles. The molecule has 2 aliphatic carbocycles. The van der Waals surface area contributed by atoms with Gasteiger partial charge in [0.15, 0.2) is 0 Å². The fourth-order valence-electron chi connectivity index (χ4n) is 4.46. The zero-order chi connectivity index (χ0) is 15.0. The highest BCUT2D eigenvalue weighted by atomic mass is 16.5. The summed E-state index contributed by atoms with van der Waals surface area (Å²) in [6, 6.07) is 0.200. The summed E-state index contributed by atoms with van der Waals surface area (Å²) in [6.45, 7) is 4.21. The van der Waals surface area contributed by atoms with Crippen molar-refractivity contribution in [3.05, 3.63) is 0 Å². The summed E-state index contributed by atoms with van der Waals surface area (Å²) in [7, 11) is 0. The lowest BCUT2D eigenvalue weighted by Gasteiger charge is -2.56. The maximum absolute atomic E-state index is 12.5. The van der Waals surface area contributed by atoms with Crippen LogP contribution < -0.4 is 5.73 Å². The fourth-order valence-corrected chi connectivity index (χ4v) is 4.46. The number of hydrogen-bond acceptors (Lipinski definition) is 4. The first-order valence-corrected chi connectivity index (χ1v) is 8.41. The number of nitrogens with zero attached hydrogens (tertiary/aromatic N) is 1. The SMILES string of the molecule is CCOC1CC(O)C12CCN(C(=O)C1CCC(N)C1)CC2. The predicted octanol–water partition coefficient (Wildman–Crippen LogP) is 0.892. The lowest BCUT2D eigenvalue weighted by molar-refractivity contribution is -0.210. The lowest BCUT2D eigenvalue weighted by Crippen LogP contribution is -2.63. The third-order valence-electron chi connectivity index (χ3n) is 5.94. The van der Waals surface area contributed by atoms with E-state index in [9.17, 15) is 9.90 Å². The normalized spacial score (nSPS) is 38.5. The van der Waals surface area contributed by atoms with Gasteiger partial charge in [-0.3, -0.25) is 4.79 Å². The number of nitrogens with two attached hydrogens (primary N) is 1. The molecule has 3 N–H and O–H groups in total. The number of amides is 1. The molecule has 4 atom stereocenters. The van der Waals surface area contributed by atoms with Crippen molar-refractivity contribution in [2.75, 3.05) is 19.7 Å². The Morgan fingerprint density at radius 3 is 2.57 bits per heavy atom. The highest BCUT2D eigenvalue weighted by Gasteiger charge is 2.56. The van der Waals surface area contributed by atoms with E-state index in [1.165, 1.54) is 0 Å². The lowest BCUT2D eigenvalue weighted by atomic mass is 9.58. The molecule has 21 heavy (non-hydrogen) atoms. The number of aliphatic hydroxyl groups excluding tert-OH is 1. The van der Waals surface area contributed by atoms with Crippen molar-refractivity contribution >= 4 is 5.91 Å². The molecular formula is C16H28N2O3. The van der Waals surface area contributed by atoms with Gasteiger partial charge in [-0.05, 0) is 39.0 Å². The van der Waals surface area contributed by atoms with Crippen molar-refractivity contribution in [2.24, 2.45) is 17.1 Å². The summed E-state index contributed by atoms with van der Waals surface area (Å²) < 4.78 is 5.77. The Bertz CT molecular complexity index is 391. The number of carbonyl (C=O) groups is 1. The van der Waals surface area contributed by atoms with Gasteiger partial charge in [0, 0.05) is 43.5 Å². The number of carbonyl (C=O) groups excluding carboxylic acids is 1. The molecule has 1 amide bonds. The largest absolute Gasteiger partial charge is 0.392 e. The van der Waals surface area contributed by atoms with Crippen LogP contribution in [0.5, 0.6) is 0 Å². The number of aliphatic hydroxyl groups is 1. The third-order valence-corrected chi connectivity index (χ3v) is 5.94. The average molecular weight is 296 g/mol. The van der Waals surface area contributed by atoms with Gasteiger partial charge in [0.2, 0.25) is 5.91 Å². The predicted molar refractivity (Wildman–Crippen MR) is 79.6 cm³/mol. The molecule has 0 radical (unpaired) electrons. The van der Waals surface area contributed by atoms with Gasteiger partial charge >= 0.3 is 0 Å². The number of rotatable bonds is 3. The van der Waals surface area contributed by atoms with Crippen LogP contribution in [0.2, 0.25) is 0 Å². The van der Waals surface area contributed by atoms with Crippen molar-refractivity contribution in [1.82, 2.24) is 4.90 Å². The molecule has 5 nitrogen and oxygen atoms in total. The molecule has 3 rings (SSSR count). The summed E-state index contributed by atoms with van der Waals surface area (Å²) in [6.07, 6.45) is 5.14. The second kappa shape index (κ2) is 5.86. The summed E-state index contributed by atoms with van der Waals surface area (Å²) in [4.78, 5) is 14.5. The Labute approximate surface area is 126 Å². The van der Waals surface area contributed by atoms with E-state index in [1.807, 2.05) is 11.8 Å². The Morgan fingerprint density at radius 1 is 1.33 bits per heavy atom. The second-order valence-corrected chi connectivity index (χ2v) is 7.02. The Balaban J connectivity index is 1.56. The first-order valence-electron chi connectivity index (χ1n) is 8.41. The summed E-state index contributed by atoms with van der Waals surface area (Å²) in [5.74, 6) is 0.405. The van der Waals surface area contributed by atoms with Crippen molar-refractivity contribution in [3.63, 3.8) is 0 Å². The standard InChI is InChI=1S/C16H28N2O3/c1-2-21-14-10-13(19)16(14)5-7-18(8-6-16)15(20)11-3-4-12(17)9-11/h11-14,19H,2-10,17H2,1H3. The van der Waals surface area contributed by atoms with E-state index < -0.39 is 0 Å². The van der Waals surface area contributed by atoms with Gasteiger partial charge in [0.25, 0.3) is 0 Å². The molecule has 3 fully saturated rings. The Morgan fingerprint density at radius 2 is 2.05 bits per heavy atom. The van der Waals surface area contributed by atoms with E-state index in [0.29, 0.717) is 6.61 Å². The smallest absolute Gasteiger partial charge is 0.225 e. The molecule has 4 unspecified atom stereocenters. The van der Waals surface area contributed by atoms with Gasteiger partial charge < -0.3 is 20.5 Å². The maximum Gasteiger partial charge on any atom is 0.225 e.